The molecule has 43 heavy (non-hydrogen) atoms. The number of carbonyl (C=O) groups excluding carboxylic acids is 1. The van der Waals surface area contributed by atoms with Gasteiger partial charge in [-0.2, -0.15) is 0 Å². The first-order valence-corrected chi connectivity index (χ1v) is 15.3. The SMILES string of the molecule is COCc1ccc2c(c1)C1(CCC(Nc3cccc(Cl)c3)(C(=O)OC)CC1)C(C[C@@H](C)COCc1ccc(OC)cc1)=C2. The minimum Gasteiger partial charge on any atom is -0.497 e. The summed E-state index contributed by atoms with van der Waals surface area (Å²) in [7, 11) is 4.87. The van der Waals surface area contributed by atoms with Gasteiger partial charge in [-0.25, -0.2) is 4.79 Å². The molecule has 7 heteroatoms. The van der Waals surface area contributed by atoms with E-state index in [1.165, 1.54) is 23.8 Å². The van der Waals surface area contributed by atoms with Crippen LogP contribution in [0.5, 0.6) is 5.75 Å². The second-order valence-electron chi connectivity index (χ2n) is 12.0. The van der Waals surface area contributed by atoms with Gasteiger partial charge < -0.3 is 24.3 Å². The molecule has 0 amide bonds. The lowest BCUT2D eigenvalue weighted by Crippen LogP contribution is -2.52. The molecule has 5 rings (SSSR count). The molecule has 0 bridgehead atoms. The fraction of sp³-hybridized carbons (Fsp3) is 0.417. The number of methoxy groups -OCH3 is 3. The Labute approximate surface area is 260 Å². The molecule has 0 saturated heterocycles. The van der Waals surface area contributed by atoms with E-state index in [1.54, 1.807) is 14.2 Å². The Morgan fingerprint density at radius 1 is 0.930 bits per heavy atom. The first kappa shape index (κ1) is 31.1. The van der Waals surface area contributed by atoms with Crippen molar-refractivity contribution >= 4 is 29.3 Å². The number of allylic oxidation sites excluding steroid dienone is 1. The first-order chi connectivity index (χ1) is 20.8. The molecule has 1 spiro atoms. The van der Waals surface area contributed by atoms with E-state index in [2.05, 4.69) is 36.5 Å². The van der Waals surface area contributed by atoms with Crippen LogP contribution in [0.3, 0.4) is 0 Å². The largest absolute Gasteiger partial charge is 0.497 e. The number of nitrogens with one attached hydrogen (secondary N) is 1. The van der Waals surface area contributed by atoms with Crippen LogP contribution < -0.4 is 10.1 Å². The van der Waals surface area contributed by atoms with E-state index < -0.39 is 5.54 Å². The lowest BCUT2D eigenvalue weighted by molar-refractivity contribution is -0.147. The number of fused-ring (bicyclic) bond motifs is 2. The molecule has 0 unspecified atom stereocenters. The van der Waals surface area contributed by atoms with Gasteiger partial charge in [-0.1, -0.05) is 66.6 Å². The number of ether oxygens (including phenoxy) is 4. The van der Waals surface area contributed by atoms with Crippen LogP contribution in [-0.2, 0) is 37.6 Å². The van der Waals surface area contributed by atoms with Crippen LogP contribution in [0.2, 0.25) is 5.02 Å². The highest BCUT2D eigenvalue weighted by Crippen LogP contribution is 2.55. The van der Waals surface area contributed by atoms with E-state index in [-0.39, 0.29) is 11.4 Å². The lowest BCUT2D eigenvalue weighted by atomic mass is 9.61. The van der Waals surface area contributed by atoms with Gasteiger partial charge in [0, 0.05) is 29.8 Å². The molecule has 2 aliphatic carbocycles. The molecule has 0 aromatic heterocycles. The van der Waals surface area contributed by atoms with Crippen molar-refractivity contribution in [1.82, 2.24) is 0 Å². The Kier molecular flexibility index (Phi) is 9.80. The molecule has 1 fully saturated rings. The van der Waals surface area contributed by atoms with Gasteiger partial charge in [-0.05, 0) is 90.6 Å². The quantitative estimate of drug-likeness (QED) is 0.212. The number of anilines is 1. The first-order valence-electron chi connectivity index (χ1n) is 15.0. The standard InChI is InChI=1S/C36H42ClNO5/c1-25(22-43-24-26-9-12-32(41-3)13-10-26)18-29-20-28-11-8-27(23-40-2)19-33(28)35(29)14-16-36(17-15-35,34(39)42-4)38-31-7-5-6-30(37)21-31/h5-13,19-21,25,38H,14-18,22-24H2,1-4H3/t25-,35?,36?/m1/s1. The summed E-state index contributed by atoms with van der Waals surface area (Å²) in [4.78, 5) is 13.3. The van der Waals surface area contributed by atoms with E-state index in [4.69, 9.17) is 30.5 Å². The Morgan fingerprint density at radius 3 is 2.35 bits per heavy atom. The second-order valence-corrected chi connectivity index (χ2v) is 12.4. The number of esters is 1. The molecule has 2 aliphatic rings. The third kappa shape index (κ3) is 6.77. The molecular formula is C36H42ClNO5. The molecule has 228 valence electrons. The van der Waals surface area contributed by atoms with E-state index in [0.29, 0.717) is 43.6 Å². The van der Waals surface area contributed by atoms with Crippen molar-refractivity contribution in [3.05, 3.63) is 99.6 Å². The van der Waals surface area contributed by atoms with Crippen molar-refractivity contribution in [2.75, 3.05) is 33.3 Å². The lowest BCUT2D eigenvalue weighted by Gasteiger charge is -2.46. The summed E-state index contributed by atoms with van der Waals surface area (Å²) in [5.41, 5.74) is 6.14. The zero-order valence-corrected chi connectivity index (χ0v) is 26.3. The molecule has 0 radical (unpaired) electrons. The van der Waals surface area contributed by atoms with Gasteiger partial charge >= 0.3 is 5.97 Å². The summed E-state index contributed by atoms with van der Waals surface area (Å²) >= 11 is 6.28. The Morgan fingerprint density at radius 2 is 1.67 bits per heavy atom. The predicted molar refractivity (Wildman–Crippen MR) is 172 cm³/mol. The topological polar surface area (TPSA) is 66.0 Å². The maximum absolute atomic E-state index is 13.3. The monoisotopic (exact) mass is 603 g/mol. The minimum atomic E-state index is -0.824. The zero-order chi connectivity index (χ0) is 30.5. The summed E-state index contributed by atoms with van der Waals surface area (Å²) in [6, 6.07) is 22.2. The van der Waals surface area contributed by atoms with Gasteiger partial charge in [-0.15, -0.1) is 0 Å². The maximum Gasteiger partial charge on any atom is 0.331 e. The third-order valence-corrected chi connectivity index (χ3v) is 9.26. The normalized spacial score (nSPS) is 21.7. The minimum absolute atomic E-state index is 0.156. The van der Waals surface area contributed by atoms with Gasteiger partial charge in [-0.3, -0.25) is 0 Å². The van der Waals surface area contributed by atoms with E-state index in [1.807, 2.05) is 48.5 Å². The van der Waals surface area contributed by atoms with Gasteiger partial charge in [0.05, 0.1) is 27.4 Å². The van der Waals surface area contributed by atoms with Crippen LogP contribution in [0.15, 0.2) is 72.3 Å². The van der Waals surface area contributed by atoms with E-state index in [0.717, 1.165) is 41.8 Å². The van der Waals surface area contributed by atoms with Crippen molar-refractivity contribution in [3.63, 3.8) is 0 Å². The number of carbonyl (C=O) groups is 1. The van der Waals surface area contributed by atoms with Gasteiger partial charge in [0.1, 0.15) is 11.3 Å². The van der Waals surface area contributed by atoms with E-state index >= 15 is 0 Å². The highest BCUT2D eigenvalue weighted by atomic mass is 35.5. The van der Waals surface area contributed by atoms with Crippen LogP contribution in [0.1, 0.15) is 61.3 Å². The van der Waals surface area contributed by atoms with Gasteiger partial charge in [0.2, 0.25) is 0 Å². The van der Waals surface area contributed by atoms with Crippen molar-refractivity contribution in [2.45, 2.75) is 63.2 Å². The average molecular weight is 604 g/mol. The van der Waals surface area contributed by atoms with Crippen LogP contribution in [0.25, 0.3) is 6.08 Å². The molecule has 1 atom stereocenters. The zero-order valence-electron chi connectivity index (χ0n) is 25.6. The number of halogens is 1. The van der Waals surface area contributed by atoms with Gasteiger partial charge in [0.25, 0.3) is 0 Å². The molecule has 1 N–H and O–H groups in total. The number of hydrogen-bond acceptors (Lipinski definition) is 6. The molecule has 0 aliphatic heterocycles. The summed E-state index contributed by atoms with van der Waals surface area (Å²) < 4.78 is 22.3. The number of hydrogen-bond donors (Lipinski definition) is 1. The van der Waals surface area contributed by atoms with Crippen LogP contribution >= 0.6 is 11.6 Å². The highest BCUT2D eigenvalue weighted by molar-refractivity contribution is 6.30. The fourth-order valence-corrected chi connectivity index (χ4v) is 6.99. The predicted octanol–water partition coefficient (Wildman–Crippen LogP) is 7.97. The Balaban J connectivity index is 1.35. The van der Waals surface area contributed by atoms with Gasteiger partial charge in [0.15, 0.2) is 0 Å². The molecule has 1 saturated carbocycles. The van der Waals surface area contributed by atoms with Crippen molar-refractivity contribution in [2.24, 2.45) is 5.92 Å². The van der Waals surface area contributed by atoms with Crippen molar-refractivity contribution in [1.29, 1.82) is 0 Å². The van der Waals surface area contributed by atoms with Crippen molar-refractivity contribution < 1.29 is 23.7 Å². The molecule has 6 nitrogen and oxygen atoms in total. The average Bonchev–Trinajstić information content (AvgIpc) is 3.30. The van der Waals surface area contributed by atoms with E-state index in [9.17, 15) is 4.79 Å². The Bertz CT molecular complexity index is 1440. The highest BCUT2D eigenvalue weighted by Gasteiger charge is 2.52. The van der Waals surface area contributed by atoms with Crippen LogP contribution in [0, 0.1) is 5.92 Å². The summed E-state index contributed by atoms with van der Waals surface area (Å²) in [6.45, 7) is 4.05. The molecular weight excluding hydrogens is 562 g/mol. The number of benzene rings is 3. The summed E-state index contributed by atoms with van der Waals surface area (Å²) in [5.74, 6) is 0.931. The summed E-state index contributed by atoms with van der Waals surface area (Å²) in [5, 5.41) is 4.15. The van der Waals surface area contributed by atoms with Crippen LogP contribution in [-0.4, -0.2) is 39.4 Å². The third-order valence-electron chi connectivity index (χ3n) is 9.03. The molecule has 0 heterocycles. The number of rotatable bonds is 12. The summed E-state index contributed by atoms with van der Waals surface area (Å²) in [6.07, 6.45) is 6.22. The maximum atomic E-state index is 13.3. The Hall–Kier alpha value is -3.32. The van der Waals surface area contributed by atoms with Crippen molar-refractivity contribution in [3.8, 4) is 5.75 Å². The molecule has 3 aromatic rings. The molecule has 3 aromatic carbocycles. The smallest absolute Gasteiger partial charge is 0.331 e. The fourth-order valence-electron chi connectivity index (χ4n) is 6.80. The second kappa shape index (κ2) is 13.5. The van der Waals surface area contributed by atoms with Crippen LogP contribution in [0.4, 0.5) is 5.69 Å².